The number of carbonyl (C=O) groups excluding carboxylic acids is 1. The van der Waals surface area contributed by atoms with E-state index in [1.165, 1.54) is 0 Å². The van der Waals surface area contributed by atoms with Gasteiger partial charge in [0.15, 0.2) is 0 Å². The third kappa shape index (κ3) is 3.62. The standard InChI is InChI=1S/C17H22N2O2/c1-13(20)10-15(14-6-3-2-4-7-14)11-19-16(21)17(12-18)8-5-9-17/h2-4,6-7,13,15,20H,5,8-11H2,1H3,(H,19,21). The fourth-order valence-electron chi connectivity index (χ4n) is 2.78. The predicted octanol–water partition coefficient (Wildman–Crippen LogP) is 2.35. The van der Waals surface area contributed by atoms with Gasteiger partial charge in [-0.3, -0.25) is 4.79 Å². The van der Waals surface area contributed by atoms with Gasteiger partial charge in [0.1, 0.15) is 5.41 Å². The fraction of sp³-hybridized carbons (Fsp3) is 0.529. The summed E-state index contributed by atoms with van der Waals surface area (Å²) in [6.45, 7) is 2.21. The molecule has 1 aliphatic rings. The number of nitrogens with one attached hydrogen (secondary N) is 1. The maximum absolute atomic E-state index is 12.2. The van der Waals surface area contributed by atoms with Gasteiger partial charge >= 0.3 is 0 Å². The molecule has 2 rings (SSSR count). The number of nitrogens with zero attached hydrogens (tertiary/aromatic N) is 1. The quantitative estimate of drug-likeness (QED) is 0.843. The number of amides is 1. The average molecular weight is 286 g/mol. The number of aliphatic hydroxyl groups excluding tert-OH is 1. The van der Waals surface area contributed by atoms with Crippen LogP contribution in [0.15, 0.2) is 30.3 Å². The fourth-order valence-corrected chi connectivity index (χ4v) is 2.78. The zero-order chi connectivity index (χ0) is 15.3. The lowest BCUT2D eigenvalue weighted by Gasteiger charge is -2.34. The highest BCUT2D eigenvalue weighted by atomic mass is 16.3. The van der Waals surface area contributed by atoms with Crippen molar-refractivity contribution >= 4 is 5.91 Å². The zero-order valence-electron chi connectivity index (χ0n) is 12.4. The van der Waals surface area contributed by atoms with Gasteiger partial charge in [0.2, 0.25) is 5.91 Å². The molecule has 1 aliphatic carbocycles. The molecular formula is C17H22N2O2. The van der Waals surface area contributed by atoms with Crippen LogP contribution < -0.4 is 5.32 Å². The molecule has 0 heterocycles. The van der Waals surface area contributed by atoms with Gasteiger partial charge in [0, 0.05) is 12.5 Å². The number of hydrogen-bond acceptors (Lipinski definition) is 3. The summed E-state index contributed by atoms with van der Waals surface area (Å²) in [7, 11) is 0. The lowest BCUT2D eigenvalue weighted by atomic mass is 9.69. The van der Waals surface area contributed by atoms with Crippen LogP contribution in [0.3, 0.4) is 0 Å². The summed E-state index contributed by atoms with van der Waals surface area (Å²) in [5.41, 5.74) is 0.282. The summed E-state index contributed by atoms with van der Waals surface area (Å²) in [5.74, 6) is -0.103. The third-order valence-electron chi connectivity index (χ3n) is 4.26. The minimum absolute atomic E-state index is 0.0611. The number of hydrogen-bond donors (Lipinski definition) is 2. The van der Waals surface area contributed by atoms with Crippen LogP contribution in [-0.4, -0.2) is 23.7 Å². The van der Waals surface area contributed by atoms with Crippen LogP contribution in [0, 0.1) is 16.7 Å². The van der Waals surface area contributed by atoms with Crippen LogP contribution in [0.2, 0.25) is 0 Å². The van der Waals surface area contributed by atoms with E-state index >= 15 is 0 Å². The molecule has 4 nitrogen and oxygen atoms in total. The Morgan fingerprint density at radius 2 is 2.10 bits per heavy atom. The van der Waals surface area contributed by atoms with Gasteiger partial charge in [-0.25, -0.2) is 0 Å². The molecule has 112 valence electrons. The lowest BCUT2D eigenvalue weighted by Crippen LogP contribution is -2.45. The highest BCUT2D eigenvalue weighted by molar-refractivity contribution is 5.86. The normalized spacial score (nSPS) is 18.9. The number of nitriles is 1. The molecular weight excluding hydrogens is 264 g/mol. The number of aliphatic hydroxyl groups is 1. The van der Waals surface area contributed by atoms with E-state index < -0.39 is 11.5 Å². The molecule has 2 unspecified atom stereocenters. The molecule has 1 saturated carbocycles. The molecule has 0 spiro atoms. The largest absolute Gasteiger partial charge is 0.393 e. The first-order valence-electron chi connectivity index (χ1n) is 7.50. The molecule has 1 aromatic carbocycles. The van der Waals surface area contributed by atoms with Crippen molar-refractivity contribution in [2.45, 2.75) is 44.6 Å². The van der Waals surface area contributed by atoms with E-state index in [4.69, 9.17) is 0 Å². The second-order valence-electron chi connectivity index (χ2n) is 5.95. The van der Waals surface area contributed by atoms with Gasteiger partial charge in [-0.2, -0.15) is 5.26 Å². The maximum atomic E-state index is 12.2. The van der Waals surface area contributed by atoms with E-state index in [1.54, 1.807) is 6.92 Å². The number of carbonyl (C=O) groups is 1. The van der Waals surface area contributed by atoms with E-state index in [9.17, 15) is 15.2 Å². The average Bonchev–Trinajstić information content (AvgIpc) is 2.43. The molecule has 0 radical (unpaired) electrons. The van der Waals surface area contributed by atoms with Crippen LogP contribution in [0.5, 0.6) is 0 Å². The van der Waals surface area contributed by atoms with Crippen molar-refractivity contribution in [3.05, 3.63) is 35.9 Å². The van der Waals surface area contributed by atoms with Gasteiger partial charge < -0.3 is 10.4 Å². The molecule has 2 N–H and O–H groups in total. The smallest absolute Gasteiger partial charge is 0.240 e. The Balaban J connectivity index is 2.00. The van der Waals surface area contributed by atoms with E-state index in [-0.39, 0.29) is 11.8 Å². The molecule has 0 aliphatic heterocycles. The van der Waals surface area contributed by atoms with Crippen molar-refractivity contribution in [2.24, 2.45) is 5.41 Å². The number of rotatable bonds is 6. The molecule has 1 aromatic rings. The van der Waals surface area contributed by atoms with E-state index in [1.807, 2.05) is 30.3 Å². The second kappa shape index (κ2) is 6.73. The first kappa shape index (κ1) is 15.5. The molecule has 2 atom stereocenters. The second-order valence-corrected chi connectivity index (χ2v) is 5.95. The highest BCUT2D eigenvalue weighted by Gasteiger charge is 2.44. The molecule has 1 fully saturated rings. The summed E-state index contributed by atoms with van der Waals surface area (Å²) in [6, 6.07) is 12.0. The summed E-state index contributed by atoms with van der Waals surface area (Å²) in [4.78, 5) is 12.2. The molecule has 0 bridgehead atoms. The Morgan fingerprint density at radius 1 is 1.43 bits per heavy atom. The topological polar surface area (TPSA) is 73.1 Å². The SMILES string of the molecule is CC(O)CC(CNC(=O)C1(C#N)CCC1)c1ccccc1. The van der Waals surface area contributed by atoms with Gasteiger partial charge in [-0.05, 0) is 38.2 Å². The summed E-state index contributed by atoms with van der Waals surface area (Å²) in [5, 5.41) is 21.7. The predicted molar refractivity (Wildman–Crippen MR) is 80.4 cm³/mol. The van der Waals surface area contributed by atoms with E-state index in [0.29, 0.717) is 25.8 Å². The molecule has 0 saturated heterocycles. The lowest BCUT2D eigenvalue weighted by molar-refractivity contribution is -0.131. The van der Waals surface area contributed by atoms with Crippen LogP contribution in [0.25, 0.3) is 0 Å². The van der Waals surface area contributed by atoms with Crippen LogP contribution >= 0.6 is 0 Å². The maximum Gasteiger partial charge on any atom is 0.240 e. The third-order valence-corrected chi connectivity index (χ3v) is 4.26. The van der Waals surface area contributed by atoms with Crippen molar-refractivity contribution in [2.75, 3.05) is 6.54 Å². The van der Waals surface area contributed by atoms with Crippen LogP contribution in [0.1, 0.15) is 44.1 Å². The van der Waals surface area contributed by atoms with Crippen molar-refractivity contribution < 1.29 is 9.90 Å². The van der Waals surface area contributed by atoms with Crippen LogP contribution in [0.4, 0.5) is 0 Å². The van der Waals surface area contributed by atoms with Gasteiger partial charge in [-0.15, -0.1) is 0 Å². The Kier molecular flexibility index (Phi) is 4.98. The Hall–Kier alpha value is -1.86. The number of benzene rings is 1. The first-order chi connectivity index (χ1) is 10.1. The molecule has 1 amide bonds. The molecule has 0 aromatic heterocycles. The van der Waals surface area contributed by atoms with Crippen molar-refractivity contribution in [1.82, 2.24) is 5.32 Å². The minimum atomic E-state index is -0.813. The van der Waals surface area contributed by atoms with Crippen molar-refractivity contribution in [3.63, 3.8) is 0 Å². The molecule has 21 heavy (non-hydrogen) atoms. The van der Waals surface area contributed by atoms with Crippen LogP contribution in [-0.2, 0) is 4.79 Å². The molecule has 4 heteroatoms. The Bertz CT molecular complexity index is 515. The van der Waals surface area contributed by atoms with E-state index in [2.05, 4.69) is 11.4 Å². The zero-order valence-corrected chi connectivity index (χ0v) is 12.4. The van der Waals surface area contributed by atoms with E-state index in [0.717, 1.165) is 12.0 Å². The monoisotopic (exact) mass is 286 g/mol. The first-order valence-corrected chi connectivity index (χ1v) is 7.50. The highest BCUT2D eigenvalue weighted by Crippen LogP contribution is 2.40. The summed E-state index contributed by atoms with van der Waals surface area (Å²) in [6.07, 6.45) is 2.41. The van der Waals surface area contributed by atoms with Gasteiger partial charge in [-0.1, -0.05) is 30.3 Å². The van der Waals surface area contributed by atoms with Crippen molar-refractivity contribution in [1.29, 1.82) is 5.26 Å². The Labute approximate surface area is 125 Å². The Morgan fingerprint density at radius 3 is 2.57 bits per heavy atom. The minimum Gasteiger partial charge on any atom is -0.393 e. The summed E-state index contributed by atoms with van der Waals surface area (Å²) >= 11 is 0. The van der Waals surface area contributed by atoms with Gasteiger partial charge in [0.05, 0.1) is 12.2 Å². The summed E-state index contributed by atoms with van der Waals surface area (Å²) < 4.78 is 0. The van der Waals surface area contributed by atoms with Crippen molar-refractivity contribution in [3.8, 4) is 6.07 Å². The van der Waals surface area contributed by atoms with Gasteiger partial charge in [0.25, 0.3) is 0 Å².